The zero-order valence-corrected chi connectivity index (χ0v) is 8.70. The zero-order valence-electron chi connectivity index (χ0n) is 8.70. The Hall–Kier alpha value is -1.28. The molecule has 0 radical (unpaired) electrons. The van der Waals surface area contributed by atoms with E-state index in [4.69, 9.17) is 9.15 Å². The molecule has 0 amide bonds. The van der Waals surface area contributed by atoms with Gasteiger partial charge in [-0.25, -0.2) is 0 Å². The lowest BCUT2D eigenvalue weighted by atomic mass is 10.1. The third-order valence-electron chi connectivity index (χ3n) is 2.49. The maximum atomic E-state index is 5.50. The van der Waals surface area contributed by atoms with Crippen LogP contribution >= 0.6 is 0 Å². The van der Waals surface area contributed by atoms with Gasteiger partial charge in [0.05, 0.1) is 6.10 Å². The lowest BCUT2D eigenvalue weighted by Gasteiger charge is -2.08. The second kappa shape index (κ2) is 3.46. The van der Waals surface area contributed by atoms with Gasteiger partial charge in [0.2, 0.25) is 0 Å². The number of benzene rings is 1. The molecule has 1 heterocycles. The van der Waals surface area contributed by atoms with Crippen LogP contribution in [0.2, 0.25) is 0 Å². The first kappa shape index (κ1) is 9.28. The third kappa shape index (κ3) is 1.53. The van der Waals surface area contributed by atoms with Crippen molar-refractivity contribution in [1.82, 2.24) is 0 Å². The van der Waals surface area contributed by atoms with Gasteiger partial charge in [0.15, 0.2) is 0 Å². The molecule has 2 aromatic rings. The molecule has 1 atom stereocenters. The van der Waals surface area contributed by atoms with Crippen molar-refractivity contribution in [2.24, 2.45) is 0 Å². The van der Waals surface area contributed by atoms with Gasteiger partial charge in [-0.15, -0.1) is 0 Å². The molecule has 0 aliphatic heterocycles. The van der Waals surface area contributed by atoms with Gasteiger partial charge in [-0.3, -0.25) is 0 Å². The van der Waals surface area contributed by atoms with E-state index in [0.29, 0.717) is 0 Å². The van der Waals surface area contributed by atoms with E-state index >= 15 is 0 Å². The zero-order chi connectivity index (χ0) is 10.1. The first-order valence-electron chi connectivity index (χ1n) is 4.73. The predicted molar refractivity (Wildman–Crippen MR) is 56.4 cm³/mol. The minimum absolute atomic E-state index is 0.134. The van der Waals surface area contributed by atoms with E-state index in [-0.39, 0.29) is 6.10 Å². The average molecular weight is 190 g/mol. The van der Waals surface area contributed by atoms with Gasteiger partial charge in [-0.2, -0.15) is 0 Å². The van der Waals surface area contributed by atoms with Crippen LogP contribution in [0.25, 0.3) is 11.0 Å². The molecule has 1 unspecified atom stereocenters. The van der Waals surface area contributed by atoms with Crippen molar-refractivity contribution < 1.29 is 9.15 Å². The maximum Gasteiger partial charge on any atom is 0.134 e. The Labute approximate surface area is 83.5 Å². The predicted octanol–water partition coefficient (Wildman–Crippen LogP) is 3.45. The highest BCUT2D eigenvalue weighted by Crippen LogP contribution is 2.24. The molecule has 2 nitrogen and oxygen atoms in total. The van der Waals surface area contributed by atoms with Crippen LogP contribution in [0.4, 0.5) is 0 Å². The highest BCUT2D eigenvalue weighted by atomic mass is 16.5. The number of hydrogen-bond donors (Lipinski definition) is 0. The molecule has 0 aliphatic carbocycles. The smallest absolute Gasteiger partial charge is 0.134 e. The molecule has 1 aromatic heterocycles. The van der Waals surface area contributed by atoms with E-state index in [1.165, 1.54) is 5.56 Å². The van der Waals surface area contributed by atoms with Gasteiger partial charge >= 0.3 is 0 Å². The molecule has 0 saturated heterocycles. The van der Waals surface area contributed by atoms with Gasteiger partial charge < -0.3 is 9.15 Å². The molecule has 74 valence electrons. The number of furan rings is 1. The summed E-state index contributed by atoms with van der Waals surface area (Å²) in [6.07, 6.45) is 0.134. The molecule has 0 aliphatic rings. The van der Waals surface area contributed by atoms with Crippen molar-refractivity contribution in [1.29, 1.82) is 0 Å². The van der Waals surface area contributed by atoms with Crippen LogP contribution < -0.4 is 0 Å². The number of rotatable bonds is 2. The van der Waals surface area contributed by atoms with Crippen molar-refractivity contribution in [3.63, 3.8) is 0 Å². The molecule has 0 fully saturated rings. The summed E-state index contributed by atoms with van der Waals surface area (Å²) in [7, 11) is 1.72. The number of aryl methyl sites for hydroxylation is 1. The summed E-state index contributed by atoms with van der Waals surface area (Å²) in [6, 6.07) is 8.19. The van der Waals surface area contributed by atoms with Crippen molar-refractivity contribution in [3.05, 3.63) is 35.6 Å². The van der Waals surface area contributed by atoms with Crippen LogP contribution in [0.3, 0.4) is 0 Å². The van der Waals surface area contributed by atoms with E-state index < -0.39 is 0 Å². The molecule has 2 heteroatoms. The molecule has 14 heavy (non-hydrogen) atoms. The van der Waals surface area contributed by atoms with Crippen LogP contribution in [0, 0.1) is 6.92 Å². The molecule has 2 rings (SSSR count). The number of fused-ring (bicyclic) bond motifs is 1. The first-order chi connectivity index (χ1) is 6.70. The maximum absolute atomic E-state index is 5.50. The molecule has 0 N–H and O–H groups in total. The van der Waals surface area contributed by atoms with E-state index in [0.717, 1.165) is 16.7 Å². The minimum Gasteiger partial charge on any atom is -0.461 e. The van der Waals surface area contributed by atoms with Gasteiger partial charge in [0, 0.05) is 12.5 Å². The van der Waals surface area contributed by atoms with E-state index in [9.17, 15) is 0 Å². The van der Waals surface area contributed by atoms with Crippen LogP contribution in [0.5, 0.6) is 0 Å². The molecule has 0 bridgehead atoms. The van der Waals surface area contributed by atoms with Crippen molar-refractivity contribution in [2.45, 2.75) is 20.0 Å². The summed E-state index contributed by atoms with van der Waals surface area (Å²) in [5, 5.41) is 1.14. The summed E-state index contributed by atoms with van der Waals surface area (Å²) in [5.74, 6) is 0.946. The molecular formula is C12H14O2. The molecular weight excluding hydrogens is 176 g/mol. The van der Waals surface area contributed by atoms with Gasteiger partial charge in [-0.1, -0.05) is 6.07 Å². The van der Waals surface area contributed by atoms with Crippen LogP contribution in [-0.4, -0.2) is 7.11 Å². The van der Waals surface area contributed by atoms with E-state index in [2.05, 4.69) is 6.07 Å². The van der Waals surface area contributed by atoms with E-state index in [1.54, 1.807) is 7.11 Å². The fraction of sp³-hybridized carbons (Fsp3) is 0.333. The van der Waals surface area contributed by atoms with Crippen LogP contribution in [0.15, 0.2) is 28.7 Å². The third-order valence-corrected chi connectivity index (χ3v) is 2.49. The quantitative estimate of drug-likeness (QED) is 0.723. The fourth-order valence-electron chi connectivity index (χ4n) is 1.58. The Balaban J connectivity index is 2.50. The first-order valence-corrected chi connectivity index (χ1v) is 4.73. The van der Waals surface area contributed by atoms with Crippen molar-refractivity contribution >= 4 is 11.0 Å². The summed E-state index contributed by atoms with van der Waals surface area (Å²) >= 11 is 0. The SMILES string of the molecule is COC(C)c1ccc2oc(C)cc2c1. The standard InChI is InChI=1S/C12H14O2/c1-8-6-11-7-10(9(2)13-3)4-5-12(11)14-8/h4-7,9H,1-3H3. The Kier molecular flexibility index (Phi) is 2.30. The highest BCUT2D eigenvalue weighted by molar-refractivity contribution is 5.78. The Bertz CT molecular complexity index is 443. The van der Waals surface area contributed by atoms with Crippen molar-refractivity contribution in [3.8, 4) is 0 Å². The fourth-order valence-corrected chi connectivity index (χ4v) is 1.58. The van der Waals surface area contributed by atoms with E-state index in [1.807, 2.05) is 32.0 Å². The Morgan fingerprint density at radius 1 is 1.29 bits per heavy atom. The Morgan fingerprint density at radius 3 is 2.79 bits per heavy atom. The topological polar surface area (TPSA) is 22.4 Å². The number of ether oxygens (including phenoxy) is 1. The lowest BCUT2D eigenvalue weighted by molar-refractivity contribution is 0.119. The summed E-state index contributed by atoms with van der Waals surface area (Å²) in [6.45, 7) is 3.99. The highest BCUT2D eigenvalue weighted by Gasteiger charge is 2.06. The van der Waals surface area contributed by atoms with Gasteiger partial charge in [0.25, 0.3) is 0 Å². The summed E-state index contributed by atoms with van der Waals surface area (Å²) in [4.78, 5) is 0. The normalized spacial score (nSPS) is 13.4. The van der Waals surface area contributed by atoms with Crippen LogP contribution in [-0.2, 0) is 4.74 Å². The summed E-state index contributed by atoms with van der Waals surface area (Å²) < 4.78 is 10.8. The minimum atomic E-state index is 0.134. The molecule has 0 saturated carbocycles. The second-order valence-electron chi connectivity index (χ2n) is 3.53. The van der Waals surface area contributed by atoms with Gasteiger partial charge in [0.1, 0.15) is 11.3 Å². The average Bonchev–Trinajstić information content (AvgIpc) is 2.55. The lowest BCUT2D eigenvalue weighted by Crippen LogP contribution is -1.94. The summed E-state index contributed by atoms with van der Waals surface area (Å²) in [5.41, 5.74) is 2.12. The number of hydrogen-bond acceptors (Lipinski definition) is 2. The molecule has 1 aromatic carbocycles. The molecule has 0 spiro atoms. The van der Waals surface area contributed by atoms with Gasteiger partial charge in [-0.05, 0) is 37.6 Å². The Morgan fingerprint density at radius 2 is 2.07 bits per heavy atom. The number of methoxy groups -OCH3 is 1. The van der Waals surface area contributed by atoms with Crippen molar-refractivity contribution in [2.75, 3.05) is 7.11 Å². The van der Waals surface area contributed by atoms with Crippen LogP contribution in [0.1, 0.15) is 24.4 Å². The monoisotopic (exact) mass is 190 g/mol. The largest absolute Gasteiger partial charge is 0.461 e. The second-order valence-corrected chi connectivity index (χ2v) is 3.53.